The summed E-state index contributed by atoms with van der Waals surface area (Å²) in [6.45, 7) is 0. The van der Waals surface area contributed by atoms with Crippen LogP contribution in [0, 0.1) is 5.82 Å². The summed E-state index contributed by atoms with van der Waals surface area (Å²) in [6, 6.07) is 13.0. The molecule has 0 aliphatic heterocycles. The monoisotopic (exact) mass is 433 g/mol. The molecular formula is C22H15F4NO4. The van der Waals surface area contributed by atoms with Gasteiger partial charge in [-0.15, -0.1) is 0 Å². The number of hydrogen-bond donors (Lipinski definition) is 1. The van der Waals surface area contributed by atoms with E-state index in [2.05, 4.69) is 5.32 Å². The first-order chi connectivity index (χ1) is 14.7. The van der Waals surface area contributed by atoms with E-state index in [1.165, 1.54) is 19.2 Å². The lowest BCUT2D eigenvalue weighted by molar-refractivity contribution is -0.138. The van der Waals surface area contributed by atoms with Crippen LogP contribution in [0.5, 0.6) is 11.5 Å². The number of rotatable bonds is 5. The van der Waals surface area contributed by atoms with E-state index in [1.54, 1.807) is 12.1 Å². The van der Waals surface area contributed by atoms with E-state index in [1.807, 2.05) is 0 Å². The molecule has 3 aromatic carbocycles. The zero-order valence-electron chi connectivity index (χ0n) is 16.0. The molecule has 0 saturated carbocycles. The van der Waals surface area contributed by atoms with Gasteiger partial charge in [0.25, 0.3) is 5.91 Å². The summed E-state index contributed by atoms with van der Waals surface area (Å²) in [7, 11) is 1.46. The van der Waals surface area contributed by atoms with E-state index in [4.69, 9.17) is 9.47 Å². The number of benzene rings is 3. The minimum atomic E-state index is -4.89. The first-order valence-electron chi connectivity index (χ1n) is 8.82. The molecule has 0 saturated heterocycles. The molecule has 3 rings (SSSR count). The number of anilines is 1. The molecule has 0 aliphatic carbocycles. The van der Waals surface area contributed by atoms with Crippen LogP contribution in [0.25, 0.3) is 0 Å². The summed E-state index contributed by atoms with van der Waals surface area (Å²) in [5.74, 6) is -3.15. The average Bonchev–Trinajstić information content (AvgIpc) is 2.74. The van der Waals surface area contributed by atoms with Crippen molar-refractivity contribution in [2.75, 3.05) is 12.4 Å². The molecule has 0 heterocycles. The number of amides is 1. The lowest BCUT2D eigenvalue weighted by Gasteiger charge is -2.16. The minimum absolute atomic E-state index is 0.181. The van der Waals surface area contributed by atoms with Gasteiger partial charge < -0.3 is 14.8 Å². The van der Waals surface area contributed by atoms with Gasteiger partial charge in [0.1, 0.15) is 11.6 Å². The minimum Gasteiger partial charge on any atom is -0.497 e. The standard InChI is InChI=1S/C22H15F4NO4/c1-30-16-11-9-15(10-12-16)27-20(28)17-3-2-4-18(22(24,25)26)19(17)31-21(29)13-5-7-14(23)8-6-13/h2-12H,1H3,(H,27,28). The summed E-state index contributed by atoms with van der Waals surface area (Å²) in [4.78, 5) is 25.0. The van der Waals surface area contributed by atoms with E-state index < -0.39 is 40.7 Å². The van der Waals surface area contributed by atoms with Gasteiger partial charge >= 0.3 is 12.1 Å². The summed E-state index contributed by atoms with van der Waals surface area (Å²) in [6.07, 6.45) is -4.89. The smallest absolute Gasteiger partial charge is 0.420 e. The first-order valence-corrected chi connectivity index (χ1v) is 8.82. The second kappa shape index (κ2) is 8.86. The number of alkyl halides is 3. The van der Waals surface area contributed by atoms with Gasteiger partial charge in [-0.3, -0.25) is 4.79 Å². The molecule has 5 nitrogen and oxygen atoms in total. The topological polar surface area (TPSA) is 64.6 Å². The van der Waals surface area contributed by atoms with Crippen molar-refractivity contribution in [3.05, 3.63) is 89.2 Å². The summed E-state index contributed by atoms with van der Waals surface area (Å²) < 4.78 is 63.6. The van der Waals surface area contributed by atoms with Gasteiger partial charge in [-0.1, -0.05) is 6.07 Å². The third-order valence-electron chi connectivity index (χ3n) is 4.19. The van der Waals surface area contributed by atoms with Crippen molar-refractivity contribution in [1.29, 1.82) is 0 Å². The second-order valence-electron chi connectivity index (χ2n) is 6.26. The Balaban J connectivity index is 1.96. The lowest BCUT2D eigenvalue weighted by Crippen LogP contribution is -2.20. The molecular weight excluding hydrogens is 418 g/mol. The Morgan fingerprint density at radius 2 is 1.55 bits per heavy atom. The van der Waals surface area contributed by atoms with E-state index in [0.717, 1.165) is 36.4 Å². The normalized spacial score (nSPS) is 11.0. The molecule has 0 atom stereocenters. The van der Waals surface area contributed by atoms with Crippen LogP contribution in [0.15, 0.2) is 66.7 Å². The highest BCUT2D eigenvalue weighted by Crippen LogP contribution is 2.39. The van der Waals surface area contributed by atoms with Crippen molar-refractivity contribution in [3.63, 3.8) is 0 Å². The van der Waals surface area contributed by atoms with Crippen LogP contribution < -0.4 is 14.8 Å². The number of hydrogen-bond acceptors (Lipinski definition) is 4. The van der Waals surface area contributed by atoms with Crippen LogP contribution in [0.3, 0.4) is 0 Å². The quantitative estimate of drug-likeness (QED) is 0.336. The van der Waals surface area contributed by atoms with Gasteiger partial charge in [0.15, 0.2) is 5.75 Å². The molecule has 0 radical (unpaired) electrons. The maximum Gasteiger partial charge on any atom is 0.420 e. The molecule has 0 unspecified atom stereocenters. The fourth-order valence-electron chi connectivity index (χ4n) is 2.66. The number of esters is 1. The van der Waals surface area contributed by atoms with Crippen LogP contribution in [-0.4, -0.2) is 19.0 Å². The van der Waals surface area contributed by atoms with E-state index >= 15 is 0 Å². The molecule has 0 aromatic heterocycles. The van der Waals surface area contributed by atoms with Gasteiger partial charge in [0, 0.05) is 5.69 Å². The van der Waals surface area contributed by atoms with Crippen LogP contribution in [0.2, 0.25) is 0 Å². The summed E-state index contributed by atoms with van der Waals surface area (Å²) >= 11 is 0. The number of para-hydroxylation sites is 1. The maximum atomic E-state index is 13.5. The number of nitrogens with one attached hydrogen (secondary N) is 1. The zero-order valence-corrected chi connectivity index (χ0v) is 16.0. The van der Waals surface area contributed by atoms with E-state index in [-0.39, 0.29) is 5.56 Å². The van der Waals surface area contributed by atoms with Gasteiger partial charge in [-0.25, -0.2) is 9.18 Å². The highest BCUT2D eigenvalue weighted by atomic mass is 19.4. The molecule has 0 bridgehead atoms. The Bertz CT molecular complexity index is 1090. The molecule has 31 heavy (non-hydrogen) atoms. The third kappa shape index (κ3) is 5.19. The number of carbonyl (C=O) groups excluding carboxylic acids is 2. The maximum absolute atomic E-state index is 13.5. The van der Waals surface area contributed by atoms with Crippen molar-refractivity contribution in [3.8, 4) is 11.5 Å². The van der Waals surface area contributed by atoms with Crippen molar-refractivity contribution in [2.45, 2.75) is 6.18 Å². The molecule has 3 aromatic rings. The first kappa shape index (κ1) is 21.8. The fraction of sp³-hybridized carbons (Fsp3) is 0.0909. The van der Waals surface area contributed by atoms with Gasteiger partial charge in [-0.05, 0) is 60.7 Å². The Labute approximate surface area is 174 Å². The number of carbonyl (C=O) groups is 2. The predicted molar refractivity (Wildman–Crippen MR) is 104 cm³/mol. The predicted octanol–water partition coefficient (Wildman–Crippen LogP) is 5.32. The van der Waals surface area contributed by atoms with Crippen molar-refractivity contribution < 1.29 is 36.6 Å². The Morgan fingerprint density at radius 3 is 2.13 bits per heavy atom. The number of methoxy groups -OCH3 is 1. The Kier molecular flexibility index (Phi) is 6.24. The van der Waals surface area contributed by atoms with E-state index in [0.29, 0.717) is 17.5 Å². The Hall–Kier alpha value is -3.88. The van der Waals surface area contributed by atoms with Crippen LogP contribution in [0.4, 0.5) is 23.2 Å². The molecule has 160 valence electrons. The number of ether oxygens (including phenoxy) is 2. The molecule has 0 spiro atoms. The highest BCUT2D eigenvalue weighted by molar-refractivity contribution is 6.07. The number of halogens is 4. The third-order valence-corrected chi connectivity index (χ3v) is 4.19. The largest absolute Gasteiger partial charge is 0.497 e. The molecule has 1 amide bonds. The van der Waals surface area contributed by atoms with Crippen molar-refractivity contribution in [1.82, 2.24) is 0 Å². The van der Waals surface area contributed by atoms with Gasteiger partial charge in [0.05, 0.1) is 23.8 Å². The average molecular weight is 433 g/mol. The zero-order chi connectivity index (χ0) is 22.6. The second-order valence-corrected chi connectivity index (χ2v) is 6.26. The van der Waals surface area contributed by atoms with Crippen molar-refractivity contribution >= 4 is 17.6 Å². The highest BCUT2D eigenvalue weighted by Gasteiger charge is 2.37. The fourth-order valence-corrected chi connectivity index (χ4v) is 2.66. The van der Waals surface area contributed by atoms with Crippen LogP contribution >= 0.6 is 0 Å². The Morgan fingerprint density at radius 1 is 0.903 bits per heavy atom. The SMILES string of the molecule is COc1ccc(NC(=O)c2cccc(C(F)(F)F)c2OC(=O)c2ccc(F)cc2)cc1. The molecule has 9 heteroatoms. The van der Waals surface area contributed by atoms with Crippen LogP contribution in [-0.2, 0) is 6.18 Å². The van der Waals surface area contributed by atoms with Gasteiger partial charge in [0.2, 0.25) is 0 Å². The van der Waals surface area contributed by atoms with Gasteiger partial charge in [-0.2, -0.15) is 13.2 Å². The summed E-state index contributed by atoms with van der Waals surface area (Å²) in [5, 5.41) is 2.45. The van der Waals surface area contributed by atoms with Crippen molar-refractivity contribution in [2.24, 2.45) is 0 Å². The molecule has 0 fully saturated rings. The van der Waals surface area contributed by atoms with E-state index in [9.17, 15) is 27.2 Å². The summed E-state index contributed by atoms with van der Waals surface area (Å²) in [5.41, 5.74) is -1.69. The lowest BCUT2D eigenvalue weighted by atomic mass is 10.1. The molecule has 0 aliphatic rings. The molecule has 1 N–H and O–H groups in total. The van der Waals surface area contributed by atoms with Crippen LogP contribution in [0.1, 0.15) is 26.3 Å².